The number of ether oxygens (including phenoxy) is 1. The number of cyclic esters (lactones) is 1. The predicted molar refractivity (Wildman–Crippen MR) is 72.3 cm³/mol. The Hall–Kier alpha value is -1.61. The van der Waals surface area contributed by atoms with Crippen LogP contribution in [0.15, 0.2) is 42.1 Å². The third-order valence-corrected chi connectivity index (χ3v) is 3.65. The zero-order chi connectivity index (χ0) is 12.5. The molecule has 0 fully saturated rings. The highest BCUT2D eigenvalue weighted by molar-refractivity contribution is 6.81. The molecular weight excluding hydrogens is 228 g/mol. The Kier molecular flexibility index (Phi) is 3.02. The van der Waals surface area contributed by atoms with Crippen molar-refractivity contribution in [2.75, 3.05) is 0 Å². The van der Waals surface area contributed by atoms with Crippen molar-refractivity contribution in [3.05, 3.63) is 53.2 Å². The molecule has 0 aliphatic carbocycles. The fraction of sp³-hybridized carbons (Fsp3) is 0.214. The highest BCUT2D eigenvalue weighted by atomic mass is 28.3. The van der Waals surface area contributed by atoms with E-state index in [0.29, 0.717) is 11.3 Å². The molecule has 0 spiro atoms. The van der Waals surface area contributed by atoms with Gasteiger partial charge >= 0.3 is 5.97 Å². The first kappa shape index (κ1) is 11.9. The number of allylic oxidation sites excluding steroid dienone is 2. The van der Waals surface area contributed by atoms with Crippen LogP contribution in [-0.4, -0.2) is 14.0 Å². The minimum Gasteiger partial charge on any atom is -0.422 e. The lowest BCUT2D eigenvalue weighted by molar-refractivity contribution is 0.0716. The maximum atomic E-state index is 11.6. The smallest absolute Gasteiger partial charge is 0.344 e. The van der Waals surface area contributed by atoms with Crippen LogP contribution in [0.2, 0.25) is 19.6 Å². The third-order valence-electron chi connectivity index (χ3n) is 2.46. The van der Waals surface area contributed by atoms with Gasteiger partial charge in [0.25, 0.3) is 0 Å². The summed E-state index contributed by atoms with van der Waals surface area (Å²) in [5, 5.41) is 0. The second kappa shape index (κ2) is 4.34. The van der Waals surface area contributed by atoms with Gasteiger partial charge < -0.3 is 4.74 Å². The monoisotopic (exact) mass is 244 g/mol. The van der Waals surface area contributed by atoms with Crippen molar-refractivity contribution in [3.63, 3.8) is 0 Å². The summed E-state index contributed by atoms with van der Waals surface area (Å²) in [7, 11) is -1.20. The lowest BCUT2D eigenvalue weighted by Gasteiger charge is -2.06. The van der Waals surface area contributed by atoms with Crippen molar-refractivity contribution in [1.82, 2.24) is 0 Å². The van der Waals surface area contributed by atoms with Crippen LogP contribution < -0.4 is 0 Å². The maximum Gasteiger partial charge on any atom is 0.344 e. The number of hydrogen-bond acceptors (Lipinski definition) is 2. The topological polar surface area (TPSA) is 26.3 Å². The summed E-state index contributed by atoms with van der Waals surface area (Å²) < 4.78 is 5.23. The van der Waals surface area contributed by atoms with E-state index < -0.39 is 8.07 Å². The minimum absolute atomic E-state index is 0.256. The van der Waals surface area contributed by atoms with Gasteiger partial charge in [0.1, 0.15) is 5.76 Å². The maximum absolute atomic E-state index is 11.6. The van der Waals surface area contributed by atoms with Crippen LogP contribution in [0.3, 0.4) is 0 Å². The van der Waals surface area contributed by atoms with E-state index in [1.807, 2.05) is 30.4 Å². The molecule has 0 saturated carbocycles. The van der Waals surface area contributed by atoms with E-state index in [-0.39, 0.29) is 5.97 Å². The number of fused-ring (bicyclic) bond motifs is 1. The first-order chi connectivity index (χ1) is 7.97. The Bertz CT molecular complexity index is 507. The van der Waals surface area contributed by atoms with Crippen molar-refractivity contribution >= 4 is 19.8 Å². The van der Waals surface area contributed by atoms with Crippen LogP contribution in [0.25, 0.3) is 5.76 Å². The van der Waals surface area contributed by atoms with E-state index in [4.69, 9.17) is 4.74 Å². The van der Waals surface area contributed by atoms with Crippen LogP contribution in [0.5, 0.6) is 0 Å². The average Bonchev–Trinajstić information content (AvgIpc) is 2.55. The Balaban J connectivity index is 2.29. The van der Waals surface area contributed by atoms with Gasteiger partial charge in [0.2, 0.25) is 0 Å². The van der Waals surface area contributed by atoms with E-state index in [1.165, 1.54) is 0 Å². The lowest BCUT2D eigenvalue weighted by atomic mass is 10.1. The molecule has 1 aromatic rings. The minimum atomic E-state index is -1.20. The summed E-state index contributed by atoms with van der Waals surface area (Å²) in [6.45, 7) is 6.78. The van der Waals surface area contributed by atoms with Gasteiger partial charge in [0.05, 0.1) is 13.6 Å². The first-order valence-electron chi connectivity index (χ1n) is 5.68. The number of benzene rings is 1. The molecule has 0 bridgehead atoms. The molecule has 1 aromatic carbocycles. The van der Waals surface area contributed by atoms with Crippen molar-refractivity contribution in [2.45, 2.75) is 19.6 Å². The standard InChI is InChI=1S/C14H16O2Si/c1-17(2,3)10-6-9-13-11-7-4-5-8-12(11)14(15)16-13/h4-10H,1-3H3/b10-6+,13-9+. The summed E-state index contributed by atoms with van der Waals surface area (Å²) >= 11 is 0. The second-order valence-corrected chi connectivity index (χ2v) is 10.3. The summed E-state index contributed by atoms with van der Waals surface area (Å²) in [4.78, 5) is 11.6. The second-order valence-electron chi connectivity index (χ2n) is 5.19. The molecule has 1 aliphatic heterocycles. The quantitative estimate of drug-likeness (QED) is 0.586. The normalized spacial score (nSPS) is 17.6. The third kappa shape index (κ3) is 2.74. The first-order valence-corrected chi connectivity index (χ1v) is 9.26. The van der Waals surface area contributed by atoms with E-state index in [9.17, 15) is 4.79 Å². The van der Waals surface area contributed by atoms with Crippen molar-refractivity contribution in [1.29, 1.82) is 0 Å². The SMILES string of the molecule is C[Si](C)(C)/C=C/C=C1/OC(=O)c2ccccc21. The van der Waals surface area contributed by atoms with Crippen molar-refractivity contribution in [2.24, 2.45) is 0 Å². The molecule has 2 rings (SSSR count). The molecule has 0 atom stereocenters. The molecule has 17 heavy (non-hydrogen) atoms. The number of esters is 1. The van der Waals surface area contributed by atoms with Crippen LogP contribution in [0, 0.1) is 0 Å². The van der Waals surface area contributed by atoms with Gasteiger partial charge in [-0.3, -0.25) is 0 Å². The van der Waals surface area contributed by atoms with Crippen LogP contribution in [-0.2, 0) is 4.74 Å². The number of hydrogen-bond donors (Lipinski definition) is 0. The van der Waals surface area contributed by atoms with Crippen molar-refractivity contribution < 1.29 is 9.53 Å². The molecule has 3 heteroatoms. The van der Waals surface area contributed by atoms with E-state index in [1.54, 1.807) is 6.07 Å². The highest BCUT2D eigenvalue weighted by Gasteiger charge is 2.24. The summed E-state index contributed by atoms with van der Waals surface area (Å²) in [6, 6.07) is 7.47. The molecule has 0 unspecified atom stereocenters. The summed E-state index contributed by atoms with van der Waals surface area (Å²) in [6.07, 6.45) is 3.87. The molecule has 0 radical (unpaired) electrons. The van der Waals surface area contributed by atoms with Gasteiger partial charge in [-0.15, -0.1) is 0 Å². The van der Waals surface area contributed by atoms with E-state index in [2.05, 4.69) is 25.3 Å². The molecule has 2 nitrogen and oxygen atoms in total. The van der Waals surface area contributed by atoms with Gasteiger partial charge in [0, 0.05) is 5.56 Å². The lowest BCUT2D eigenvalue weighted by Crippen LogP contribution is -2.15. The molecule has 0 saturated heterocycles. The van der Waals surface area contributed by atoms with Crippen molar-refractivity contribution in [3.8, 4) is 0 Å². The summed E-state index contributed by atoms with van der Waals surface area (Å²) in [5.41, 5.74) is 3.76. The number of rotatable bonds is 2. The molecule has 1 aliphatic rings. The Morgan fingerprint density at radius 2 is 1.76 bits per heavy atom. The Morgan fingerprint density at radius 3 is 2.41 bits per heavy atom. The van der Waals surface area contributed by atoms with Gasteiger partial charge in [-0.1, -0.05) is 49.6 Å². The van der Waals surface area contributed by atoms with Gasteiger partial charge in [0.15, 0.2) is 0 Å². The fourth-order valence-corrected chi connectivity index (χ4v) is 2.31. The Labute approximate surface area is 103 Å². The molecule has 0 aromatic heterocycles. The van der Waals surface area contributed by atoms with Gasteiger partial charge in [-0.25, -0.2) is 4.79 Å². The molecule has 88 valence electrons. The molecular formula is C14H16O2Si. The molecule has 0 amide bonds. The van der Waals surface area contributed by atoms with Crippen LogP contribution in [0.4, 0.5) is 0 Å². The molecule has 1 heterocycles. The molecule has 0 N–H and O–H groups in total. The zero-order valence-electron chi connectivity index (χ0n) is 10.4. The average molecular weight is 244 g/mol. The van der Waals surface area contributed by atoms with Gasteiger partial charge in [-0.05, 0) is 12.1 Å². The van der Waals surface area contributed by atoms with E-state index >= 15 is 0 Å². The summed E-state index contributed by atoms with van der Waals surface area (Å²) in [5.74, 6) is 0.397. The zero-order valence-corrected chi connectivity index (χ0v) is 11.4. The number of carbonyl (C=O) groups excluding carboxylic acids is 1. The van der Waals surface area contributed by atoms with Crippen LogP contribution in [0.1, 0.15) is 15.9 Å². The van der Waals surface area contributed by atoms with Crippen LogP contribution >= 0.6 is 0 Å². The van der Waals surface area contributed by atoms with Gasteiger partial charge in [-0.2, -0.15) is 0 Å². The highest BCUT2D eigenvalue weighted by Crippen LogP contribution is 2.29. The number of carbonyl (C=O) groups is 1. The van der Waals surface area contributed by atoms with E-state index in [0.717, 1.165) is 5.56 Å². The fourth-order valence-electron chi connectivity index (χ4n) is 1.63. The largest absolute Gasteiger partial charge is 0.422 e. The Morgan fingerprint density at radius 1 is 1.12 bits per heavy atom. The predicted octanol–water partition coefficient (Wildman–Crippen LogP) is 3.63.